The summed E-state index contributed by atoms with van der Waals surface area (Å²) in [5, 5.41) is 0.326. The molecule has 2 saturated heterocycles. The Bertz CT molecular complexity index is 1040. The first kappa shape index (κ1) is 22.1. The van der Waals surface area contributed by atoms with E-state index in [2.05, 4.69) is 12.1 Å². The molecule has 4 rings (SSSR count). The summed E-state index contributed by atoms with van der Waals surface area (Å²) in [5.41, 5.74) is 1.14. The molecule has 8 heteroatoms. The van der Waals surface area contributed by atoms with Gasteiger partial charge in [-0.15, -0.1) is 0 Å². The van der Waals surface area contributed by atoms with Crippen LogP contribution in [-0.4, -0.2) is 50.3 Å². The van der Waals surface area contributed by atoms with E-state index >= 15 is 0 Å². The van der Waals surface area contributed by atoms with Crippen LogP contribution in [0.25, 0.3) is 0 Å². The van der Waals surface area contributed by atoms with E-state index in [1.165, 1.54) is 17.5 Å². The minimum atomic E-state index is -3.83. The molecule has 2 aromatic carbocycles. The summed E-state index contributed by atoms with van der Waals surface area (Å²) < 4.78 is 33.4. The Labute approximate surface area is 188 Å². The van der Waals surface area contributed by atoms with Gasteiger partial charge < -0.3 is 9.64 Å². The Morgan fingerprint density at radius 1 is 1.06 bits per heavy atom. The van der Waals surface area contributed by atoms with Gasteiger partial charge in [0.25, 0.3) is 0 Å². The highest BCUT2D eigenvalue weighted by Crippen LogP contribution is 2.36. The molecule has 166 valence electrons. The van der Waals surface area contributed by atoms with Crippen molar-refractivity contribution in [2.24, 2.45) is 5.92 Å². The number of amides is 1. The molecule has 6 nitrogen and oxygen atoms in total. The molecule has 0 N–H and O–H groups in total. The van der Waals surface area contributed by atoms with E-state index < -0.39 is 10.0 Å². The fourth-order valence-corrected chi connectivity index (χ4v) is 6.58. The van der Waals surface area contributed by atoms with Crippen LogP contribution in [0.3, 0.4) is 0 Å². The largest absolute Gasteiger partial charge is 0.495 e. The van der Waals surface area contributed by atoms with Crippen LogP contribution in [0.15, 0.2) is 53.4 Å². The lowest BCUT2D eigenvalue weighted by Crippen LogP contribution is -2.46. The van der Waals surface area contributed by atoms with Gasteiger partial charge >= 0.3 is 0 Å². The van der Waals surface area contributed by atoms with Crippen molar-refractivity contribution in [3.8, 4) is 5.75 Å². The Balaban J connectivity index is 1.55. The van der Waals surface area contributed by atoms with Crippen LogP contribution in [0, 0.1) is 5.92 Å². The highest BCUT2D eigenvalue weighted by Gasteiger charge is 2.39. The Kier molecular flexibility index (Phi) is 6.55. The zero-order valence-corrected chi connectivity index (χ0v) is 19.1. The number of halogens is 1. The summed E-state index contributed by atoms with van der Waals surface area (Å²) in [6, 6.07) is 14.7. The lowest BCUT2D eigenvalue weighted by atomic mass is 9.96. The van der Waals surface area contributed by atoms with Gasteiger partial charge in [-0.2, -0.15) is 4.31 Å². The maximum Gasteiger partial charge on any atom is 0.246 e. The summed E-state index contributed by atoms with van der Waals surface area (Å²) in [7, 11) is -2.40. The molecule has 0 aliphatic carbocycles. The number of hydrogen-bond acceptors (Lipinski definition) is 4. The molecule has 2 aliphatic heterocycles. The topological polar surface area (TPSA) is 66.9 Å². The quantitative estimate of drug-likeness (QED) is 0.670. The van der Waals surface area contributed by atoms with Gasteiger partial charge in [0, 0.05) is 24.7 Å². The monoisotopic (exact) mass is 462 g/mol. The molecular formula is C23H27ClN2O4S. The summed E-state index contributed by atoms with van der Waals surface area (Å²) in [4.78, 5) is 15.4. The van der Waals surface area contributed by atoms with Crippen molar-refractivity contribution in [3.63, 3.8) is 0 Å². The van der Waals surface area contributed by atoms with Crippen LogP contribution < -0.4 is 4.74 Å². The summed E-state index contributed by atoms with van der Waals surface area (Å²) in [6.45, 7) is 1.27. The van der Waals surface area contributed by atoms with E-state index in [1.54, 1.807) is 12.1 Å². The second-order valence-corrected chi connectivity index (χ2v) is 10.4. The molecule has 2 atom stereocenters. The maximum atomic E-state index is 13.4. The molecular weight excluding hydrogens is 436 g/mol. The molecule has 1 amide bonds. The number of rotatable bonds is 5. The number of likely N-dealkylation sites (tertiary alicyclic amines) is 1. The van der Waals surface area contributed by atoms with Gasteiger partial charge in [-0.3, -0.25) is 4.79 Å². The van der Waals surface area contributed by atoms with E-state index in [0.717, 1.165) is 18.4 Å². The molecule has 2 fully saturated rings. The van der Waals surface area contributed by atoms with Crippen LogP contribution in [0.2, 0.25) is 5.02 Å². The highest BCUT2D eigenvalue weighted by atomic mass is 35.5. The van der Waals surface area contributed by atoms with Gasteiger partial charge in [0.05, 0.1) is 19.1 Å². The number of carbonyl (C=O) groups excluding carboxylic acids is 1. The van der Waals surface area contributed by atoms with Crippen molar-refractivity contribution in [1.82, 2.24) is 9.21 Å². The number of ether oxygens (including phenoxy) is 1. The summed E-state index contributed by atoms with van der Waals surface area (Å²) >= 11 is 6.06. The predicted molar refractivity (Wildman–Crippen MR) is 120 cm³/mol. The van der Waals surface area contributed by atoms with Gasteiger partial charge in [0.15, 0.2) is 0 Å². The van der Waals surface area contributed by atoms with E-state index in [-0.39, 0.29) is 35.1 Å². The van der Waals surface area contributed by atoms with Crippen molar-refractivity contribution < 1.29 is 17.9 Å². The second-order valence-electron chi connectivity index (χ2n) is 8.10. The first-order valence-corrected chi connectivity index (χ1v) is 12.4. The van der Waals surface area contributed by atoms with Crippen LogP contribution in [0.4, 0.5) is 0 Å². The summed E-state index contributed by atoms with van der Waals surface area (Å²) in [5.74, 6) is -0.0520. The number of piperidine rings is 1. The van der Waals surface area contributed by atoms with Gasteiger partial charge in [-0.25, -0.2) is 8.42 Å². The van der Waals surface area contributed by atoms with Gasteiger partial charge in [-0.1, -0.05) is 41.9 Å². The first-order valence-electron chi connectivity index (χ1n) is 10.6. The highest BCUT2D eigenvalue weighted by molar-refractivity contribution is 7.89. The average molecular weight is 463 g/mol. The van der Waals surface area contributed by atoms with Gasteiger partial charge in [-0.05, 0) is 49.4 Å². The van der Waals surface area contributed by atoms with Crippen LogP contribution >= 0.6 is 11.6 Å². The third-order valence-electron chi connectivity index (χ3n) is 6.20. The lowest BCUT2D eigenvalue weighted by Gasteiger charge is -2.35. The first-order chi connectivity index (χ1) is 14.9. The molecule has 31 heavy (non-hydrogen) atoms. The molecule has 0 spiro atoms. The van der Waals surface area contributed by atoms with Crippen LogP contribution in [0.1, 0.15) is 37.3 Å². The van der Waals surface area contributed by atoms with E-state index in [0.29, 0.717) is 31.0 Å². The number of sulfonamides is 1. The van der Waals surface area contributed by atoms with Crippen molar-refractivity contribution in [2.45, 2.75) is 36.6 Å². The minimum absolute atomic E-state index is 0.0407. The normalized spacial score (nSPS) is 22.5. The van der Waals surface area contributed by atoms with Gasteiger partial charge in [0.2, 0.25) is 15.9 Å². The van der Waals surface area contributed by atoms with Crippen molar-refractivity contribution in [2.75, 3.05) is 26.7 Å². The number of carbonyl (C=O) groups is 1. The smallest absolute Gasteiger partial charge is 0.246 e. The maximum absolute atomic E-state index is 13.4. The van der Waals surface area contributed by atoms with Crippen molar-refractivity contribution in [3.05, 3.63) is 59.1 Å². The van der Waals surface area contributed by atoms with Gasteiger partial charge in [0.1, 0.15) is 10.6 Å². The molecule has 2 unspecified atom stereocenters. The standard InChI is InChI=1S/C23H27ClN2O4S/c1-30-21-12-11-19(24)15-22(21)31(28,29)25-13-5-9-18(16-25)23(27)26-14-6-10-20(26)17-7-3-2-4-8-17/h2-4,7-8,11-12,15,18,20H,5-6,9-10,13-14,16H2,1H3. The number of methoxy groups -OCH3 is 1. The van der Waals surface area contributed by atoms with Crippen LogP contribution in [0.5, 0.6) is 5.75 Å². The van der Waals surface area contributed by atoms with E-state index in [1.807, 2.05) is 23.1 Å². The zero-order chi connectivity index (χ0) is 22.0. The Morgan fingerprint density at radius 3 is 2.55 bits per heavy atom. The van der Waals surface area contributed by atoms with Crippen molar-refractivity contribution >= 4 is 27.5 Å². The zero-order valence-electron chi connectivity index (χ0n) is 17.5. The SMILES string of the molecule is COc1ccc(Cl)cc1S(=O)(=O)N1CCCC(C(=O)N2CCCC2c2ccccc2)C1. The fourth-order valence-electron chi connectivity index (χ4n) is 4.64. The summed E-state index contributed by atoms with van der Waals surface area (Å²) in [6.07, 6.45) is 3.22. The lowest BCUT2D eigenvalue weighted by molar-refractivity contribution is -0.137. The molecule has 0 aromatic heterocycles. The fraction of sp³-hybridized carbons (Fsp3) is 0.435. The molecule has 0 radical (unpaired) electrons. The Hall–Kier alpha value is -2.09. The van der Waals surface area contributed by atoms with Crippen molar-refractivity contribution in [1.29, 1.82) is 0 Å². The molecule has 2 aliphatic rings. The predicted octanol–water partition coefficient (Wildman–Crippen LogP) is 4.11. The molecule has 2 aromatic rings. The van der Waals surface area contributed by atoms with E-state index in [9.17, 15) is 13.2 Å². The molecule has 0 saturated carbocycles. The average Bonchev–Trinajstić information content (AvgIpc) is 3.29. The molecule has 2 heterocycles. The van der Waals surface area contributed by atoms with E-state index in [4.69, 9.17) is 16.3 Å². The Morgan fingerprint density at radius 2 is 1.81 bits per heavy atom. The number of hydrogen-bond donors (Lipinski definition) is 0. The third kappa shape index (κ3) is 4.45. The second kappa shape index (κ2) is 9.18. The number of nitrogens with zero attached hydrogens (tertiary/aromatic N) is 2. The molecule has 0 bridgehead atoms. The third-order valence-corrected chi connectivity index (χ3v) is 8.32. The number of benzene rings is 2. The minimum Gasteiger partial charge on any atom is -0.495 e. The van der Waals surface area contributed by atoms with Crippen LogP contribution in [-0.2, 0) is 14.8 Å².